The lowest BCUT2D eigenvalue weighted by Crippen LogP contribution is -2.49. The second kappa shape index (κ2) is 7.41. The van der Waals surface area contributed by atoms with Crippen molar-refractivity contribution in [2.24, 2.45) is 7.05 Å². The molecule has 1 saturated heterocycles. The molecule has 2 amide bonds. The van der Waals surface area contributed by atoms with E-state index < -0.39 is 5.41 Å². The fourth-order valence-electron chi connectivity index (χ4n) is 5.38. The van der Waals surface area contributed by atoms with Crippen molar-refractivity contribution >= 4 is 17.5 Å². The predicted molar refractivity (Wildman–Crippen MR) is 121 cm³/mol. The summed E-state index contributed by atoms with van der Waals surface area (Å²) in [7, 11) is 1.95. The van der Waals surface area contributed by atoms with E-state index in [1.165, 1.54) is 5.56 Å². The first-order valence-electron chi connectivity index (χ1n) is 10.9. The van der Waals surface area contributed by atoms with E-state index in [0.717, 1.165) is 35.3 Å². The molecule has 3 aromatic rings. The van der Waals surface area contributed by atoms with Crippen LogP contribution in [0.4, 0.5) is 5.69 Å². The van der Waals surface area contributed by atoms with Crippen molar-refractivity contribution in [3.63, 3.8) is 0 Å². The molecule has 31 heavy (non-hydrogen) atoms. The highest BCUT2D eigenvalue weighted by molar-refractivity contribution is 6.08. The molecule has 1 aromatic heterocycles. The fourth-order valence-corrected chi connectivity index (χ4v) is 5.38. The first-order chi connectivity index (χ1) is 15.0. The number of para-hydroxylation sites is 1. The Hall–Kier alpha value is -3.34. The van der Waals surface area contributed by atoms with E-state index in [-0.39, 0.29) is 17.9 Å². The van der Waals surface area contributed by atoms with Gasteiger partial charge in [0.1, 0.15) is 0 Å². The molecule has 1 N–H and O–H groups in total. The number of aromatic nitrogens is 1. The van der Waals surface area contributed by atoms with Crippen LogP contribution >= 0.6 is 0 Å². The average molecular weight is 414 g/mol. The van der Waals surface area contributed by atoms with E-state index >= 15 is 0 Å². The molecule has 0 bridgehead atoms. The summed E-state index contributed by atoms with van der Waals surface area (Å²) in [4.78, 5) is 29.0. The van der Waals surface area contributed by atoms with Crippen LogP contribution in [0.5, 0.6) is 0 Å². The Labute approximate surface area is 182 Å². The molecular formula is C26H27N3O2. The highest BCUT2D eigenvalue weighted by Crippen LogP contribution is 2.49. The van der Waals surface area contributed by atoms with Gasteiger partial charge in [0.25, 0.3) is 5.91 Å². The molecule has 5 nitrogen and oxygen atoms in total. The number of rotatable bonds is 4. The summed E-state index contributed by atoms with van der Waals surface area (Å²) in [6, 6.07) is 19.9. The van der Waals surface area contributed by atoms with Gasteiger partial charge in [-0.05, 0) is 49.4 Å². The van der Waals surface area contributed by atoms with Gasteiger partial charge < -0.3 is 14.8 Å². The van der Waals surface area contributed by atoms with Crippen molar-refractivity contribution in [1.29, 1.82) is 0 Å². The minimum atomic E-state index is -0.691. The van der Waals surface area contributed by atoms with Crippen LogP contribution in [-0.4, -0.2) is 33.9 Å². The maximum atomic E-state index is 13.6. The molecule has 2 atom stereocenters. The molecule has 0 saturated carbocycles. The molecule has 0 unspecified atom stereocenters. The number of amides is 2. The molecule has 158 valence electrons. The Morgan fingerprint density at radius 1 is 1.10 bits per heavy atom. The van der Waals surface area contributed by atoms with Crippen LogP contribution in [0.1, 0.15) is 40.0 Å². The number of fused-ring (bicyclic) bond motifs is 2. The largest absolute Gasteiger partial charge is 0.354 e. The standard InChI is InChI=1S/C26H27N3O2/c1-18-20(14-16-28(18)2)24(30)29-17-15-26(21-10-6-7-11-22(21)27-25(26)31)23(29)13-12-19-8-4-3-5-9-19/h3-11,14,16,23H,12-13,15,17H2,1-2H3,(H,27,31)/t23-,26+/m0/s1. The maximum Gasteiger partial charge on any atom is 0.255 e. The van der Waals surface area contributed by atoms with E-state index in [2.05, 4.69) is 17.4 Å². The zero-order valence-electron chi connectivity index (χ0n) is 18.0. The number of likely N-dealkylation sites (tertiary alicyclic amines) is 1. The molecule has 0 aliphatic carbocycles. The number of carbonyl (C=O) groups is 2. The lowest BCUT2D eigenvalue weighted by molar-refractivity contribution is -0.121. The fraction of sp³-hybridized carbons (Fsp3) is 0.308. The maximum absolute atomic E-state index is 13.6. The van der Waals surface area contributed by atoms with Crippen molar-refractivity contribution < 1.29 is 9.59 Å². The molecule has 5 heteroatoms. The Bertz CT molecular complexity index is 1150. The quantitative estimate of drug-likeness (QED) is 0.701. The summed E-state index contributed by atoms with van der Waals surface area (Å²) in [6.07, 6.45) is 4.13. The molecule has 2 aromatic carbocycles. The number of carbonyl (C=O) groups excluding carboxylic acids is 2. The third-order valence-corrected chi connectivity index (χ3v) is 7.18. The van der Waals surface area contributed by atoms with Gasteiger partial charge in [-0.2, -0.15) is 0 Å². The van der Waals surface area contributed by atoms with Crippen LogP contribution in [0.15, 0.2) is 66.9 Å². The first-order valence-corrected chi connectivity index (χ1v) is 10.9. The van der Waals surface area contributed by atoms with Gasteiger partial charge in [-0.3, -0.25) is 9.59 Å². The van der Waals surface area contributed by atoms with Crippen molar-refractivity contribution in [3.8, 4) is 0 Å². The van der Waals surface area contributed by atoms with Crippen LogP contribution in [0.25, 0.3) is 0 Å². The number of nitrogens with zero attached hydrogens (tertiary/aromatic N) is 2. The van der Waals surface area contributed by atoms with Crippen LogP contribution in [0, 0.1) is 6.92 Å². The highest BCUT2D eigenvalue weighted by atomic mass is 16.2. The van der Waals surface area contributed by atoms with Gasteiger partial charge in [0.2, 0.25) is 5.91 Å². The van der Waals surface area contributed by atoms with E-state index in [9.17, 15) is 9.59 Å². The van der Waals surface area contributed by atoms with Gasteiger partial charge in [-0.1, -0.05) is 48.5 Å². The number of aryl methyl sites for hydroxylation is 2. The SMILES string of the molecule is Cc1c(C(=O)N2CC[C@]3(C(=O)Nc4ccccc43)[C@@H]2CCc2ccccc2)ccn1C. The Kier molecular flexibility index (Phi) is 4.69. The number of benzene rings is 2. The van der Waals surface area contributed by atoms with Crippen molar-refractivity contribution in [2.45, 2.75) is 37.6 Å². The zero-order valence-corrected chi connectivity index (χ0v) is 18.0. The van der Waals surface area contributed by atoms with Gasteiger partial charge in [0.05, 0.1) is 17.0 Å². The number of hydrogen-bond acceptors (Lipinski definition) is 2. The summed E-state index contributed by atoms with van der Waals surface area (Å²) < 4.78 is 1.97. The van der Waals surface area contributed by atoms with Crippen LogP contribution < -0.4 is 5.32 Å². The molecule has 5 rings (SSSR count). The van der Waals surface area contributed by atoms with Gasteiger partial charge in [0.15, 0.2) is 0 Å². The van der Waals surface area contributed by atoms with Crippen LogP contribution in [-0.2, 0) is 23.7 Å². The molecule has 0 radical (unpaired) electrons. The molecule has 1 fully saturated rings. The van der Waals surface area contributed by atoms with Gasteiger partial charge in [-0.25, -0.2) is 0 Å². The highest BCUT2D eigenvalue weighted by Gasteiger charge is 2.58. The molecule has 2 aliphatic rings. The summed E-state index contributed by atoms with van der Waals surface area (Å²) in [6.45, 7) is 2.55. The lowest BCUT2D eigenvalue weighted by Gasteiger charge is -2.34. The van der Waals surface area contributed by atoms with Gasteiger partial charge in [-0.15, -0.1) is 0 Å². The molecule has 2 aliphatic heterocycles. The smallest absolute Gasteiger partial charge is 0.255 e. The summed E-state index contributed by atoms with van der Waals surface area (Å²) in [5.74, 6) is 0.0389. The van der Waals surface area contributed by atoms with Crippen LogP contribution in [0.3, 0.4) is 0 Å². The van der Waals surface area contributed by atoms with E-state index in [4.69, 9.17) is 0 Å². The topological polar surface area (TPSA) is 54.3 Å². The van der Waals surface area contributed by atoms with E-state index in [1.807, 2.05) is 78.2 Å². The summed E-state index contributed by atoms with van der Waals surface area (Å²) >= 11 is 0. The van der Waals surface area contributed by atoms with Crippen LogP contribution in [0.2, 0.25) is 0 Å². The minimum absolute atomic E-state index is 0.0187. The summed E-state index contributed by atoms with van der Waals surface area (Å²) in [5.41, 5.74) is 4.10. The Balaban J connectivity index is 1.55. The Morgan fingerprint density at radius 3 is 2.58 bits per heavy atom. The normalized spacial score (nSPS) is 22.1. The third kappa shape index (κ3) is 2.99. The molecule has 3 heterocycles. The lowest BCUT2D eigenvalue weighted by atomic mass is 9.73. The minimum Gasteiger partial charge on any atom is -0.354 e. The average Bonchev–Trinajstić information content (AvgIpc) is 3.42. The van der Waals surface area contributed by atoms with Gasteiger partial charge in [0, 0.05) is 31.2 Å². The van der Waals surface area contributed by atoms with E-state index in [1.54, 1.807) is 0 Å². The van der Waals surface area contributed by atoms with Crippen molar-refractivity contribution in [1.82, 2.24) is 9.47 Å². The monoisotopic (exact) mass is 413 g/mol. The van der Waals surface area contributed by atoms with Crippen molar-refractivity contribution in [2.75, 3.05) is 11.9 Å². The summed E-state index contributed by atoms with van der Waals surface area (Å²) in [5, 5.41) is 3.09. The van der Waals surface area contributed by atoms with Crippen molar-refractivity contribution in [3.05, 3.63) is 89.2 Å². The predicted octanol–water partition coefficient (Wildman–Crippen LogP) is 4.07. The number of anilines is 1. The first kappa shape index (κ1) is 19.6. The number of hydrogen-bond donors (Lipinski definition) is 1. The molecule has 1 spiro atoms. The second-order valence-electron chi connectivity index (χ2n) is 8.69. The van der Waals surface area contributed by atoms with Gasteiger partial charge >= 0.3 is 0 Å². The second-order valence-corrected chi connectivity index (χ2v) is 8.69. The number of nitrogens with one attached hydrogen (secondary N) is 1. The molecular weight excluding hydrogens is 386 g/mol. The third-order valence-electron chi connectivity index (χ3n) is 7.18. The van der Waals surface area contributed by atoms with E-state index in [0.29, 0.717) is 13.0 Å². The zero-order chi connectivity index (χ0) is 21.6. The Morgan fingerprint density at radius 2 is 1.84 bits per heavy atom.